The lowest BCUT2D eigenvalue weighted by molar-refractivity contribution is -0.146. The highest BCUT2D eigenvalue weighted by Gasteiger charge is 2.38. The standard InChI is InChI=1S/C17H17F3N6OS2/c1-9-4-5-13(10(2)6-9)25(11(3)27)15-22-12(7-28-15)8-29-16-24-23-14(26(16)21)17(18,19)20/h4-7H,8,21H2,1-3H3. The van der Waals surface area contributed by atoms with E-state index < -0.39 is 12.0 Å². The molecule has 0 saturated carbocycles. The smallest absolute Gasteiger partial charge is 0.335 e. The average Bonchev–Trinajstić information content (AvgIpc) is 3.21. The number of thiazole rings is 1. The van der Waals surface area contributed by atoms with Crippen LogP contribution in [0.15, 0.2) is 28.7 Å². The van der Waals surface area contributed by atoms with E-state index in [1.54, 1.807) is 5.38 Å². The van der Waals surface area contributed by atoms with Crippen LogP contribution in [0.1, 0.15) is 29.6 Å². The van der Waals surface area contributed by atoms with Crippen molar-refractivity contribution in [1.82, 2.24) is 19.9 Å². The van der Waals surface area contributed by atoms with E-state index in [1.807, 2.05) is 32.0 Å². The van der Waals surface area contributed by atoms with E-state index in [-0.39, 0.29) is 16.8 Å². The molecule has 0 radical (unpaired) electrons. The zero-order valence-corrected chi connectivity index (χ0v) is 17.3. The Morgan fingerprint density at radius 2 is 2.03 bits per heavy atom. The molecule has 1 aromatic carbocycles. The number of benzene rings is 1. The number of rotatable bonds is 5. The highest BCUT2D eigenvalue weighted by atomic mass is 32.2. The van der Waals surface area contributed by atoms with Gasteiger partial charge in [-0.15, -0.1) is 21.5 Å². The zero-order chi connectivity index (χ0) is 21.3. The van der Waals surface area contributed by atoms with Gasteiger partial charge in [0.05, 0.1) is 11.4 Å². The predicted octanol–water partition coefficient (Wildman–Crippen LogP) is 4.06. The van der Waals surface area contributed by atoms with Crippen LogP contribution in [0.2, 0.25) is 0 Å². The molecular formula is C17H17F3N6OS2. The molecule has 2 heterocycles. The lowest BCUT2D eigenvalue weighted by Crippen LogP contribution is -2.23. The number of nitrogen functional groups attached to an aromatic ring is 1. The molecule has 0 spiro atoms. The fourth-order valence-corrected chi connectivity index (χ4v) is 4.37. The van der Waals surface area contributed by atoms with Crippen LogP contribution >= 0.6 is 23.1 Å². The van der Waals surface area contributed by atoms with Crippen LogP contribution in [0.5, 0.6) is 0 Å². The number of anilines is 2. The number of halogens is 3. The fraction of sp³-hybridized carbons (Fsp3) is 0.294. The van der Waals surface area contributed by atoms with Gasteiger partial charge < -0.3 is 5.84 Å². The minimum Gasteiger partial charge on any atom is -0.335 e. The van der Waals surface area contributed by atoms with Gasteiger partial charge in [-0.25, -0.2) is 9.66 Å². The first-order valence-electron chi connectivity index (χ1n) is 8.30. The van der Waals surface area contributed by atoms with Crippen LogP contribution in [-0.4, -0.2) is 25.8 Å². The first-order valence-corrected chi connectivity index (χ1v) is 10.2. The SMILES string of the molecule is CC(=O)N(c1nc(CSc2nnc(C(F)(F)F)n2N)cs1)c1ccc(C)cc1C. The molecule has 0 aliphatic rings. The van der Waals surface area contributed by atoms with Crippen molar-refractivity contribution in [3.8, 4) is 0 Å². The maximum absolute atomic E-state index is 12.8. The van der Waals surface area contributed by atoms with Gasteiger partial charge in [0.15, 0.2) is 5.13 Å². The number of amides is 1. The van der Waals surface area contributed by atoms with E-state index in [4.69, 9.17) is 5.84 Å². The molecule has 154 valence electrons. The highest BCUT2D eigenvalue weighted by molar-refractivity contribution is 7.98. The number of thioether (sulfide) groups is 1. The van der Waals surface area contributed by atoms with Crippen molar-refractivity contribution in [3.05, 3.63) is 46.2 Å². The predicted molar refractivity (Wildman–Crippen MR) is 106 cm³/mol. The van der Waals surface area contributed by atoms with Gasteiger partial charge in [0, 0.05) is 18.1 Å². The fourth-order valence-electron chi connectivity index (χ4n) is 2.64. The van der Waals surface area contributed by atoms with Gasteiger partial charge in [-0.05, 0) is 25.5 Å². The van der Waals surface area contributed by atoms with E-state index in [2.05, 4.69) is 15.2 Å². The molecule has 0 saturated heterocycles. The first-order chi connectivity index (χ1) is 13.6. The lowest BCUT2D eigenvalue weighted by atomic mass is 10.1. The summed E-state index contributed by atoms with van der Waals surface area (Å²) in [6, 6.07) is 5.74. The minimum absolute atomic E-state index is 0.0790. The van der Waals surface area contributed by atoms with Crippen LogP contribution < -0.4 is 10.7 Å². The van der Waals surface area contributed by atoms with Crippen LogP contribution in [-0.2, 0) is 16.7 Å². The molecule has 3 aromatic rings. The second-order valence-corrected chi connectivity index (χ2v) is 8.01. The van der Waals surface area contributed by atoms with Crippen LogP contribution in [0.3, 0.4) is 0 Å². The largest absolute Gasteiger partial charge is 0.453 e. The molecule has 0 unspecified atom stereocenters. The Labute approximate surface area is 172 Å². The molecule has 12 heteroatoms. The average molecular weight is 442 g/mol. The summed E-state index contributed by atoms with van der Waals surface area (Å²) in [6.45, 7) is 5.33. The molecular weight excluding hydrogens is 425 g/mol. The van der Waals surface area contributed by atoms with E-state index in [0.717, 1.165) is 28.6 Å². The van der Waals surface area contributed by atoms with Crippen molar-refractivity contribution in [2.24, 2.45) is 0 Å². The van der Waals surface area contributed by atoms with Crippen molar-refractivity contribution < 1.29 is 18.0 Å². The minimum atomic E-state index is -4.68. The number of nitrogens with two attached hydrogens (primary N) is 1. The Morgan fingerprint density at radius 1 is 1.31 bits per heavy atom. The molecule has 0 atom stereocenters. The van der Waals surface area contributed by atoms with E-state index >= 15 is 0 Å². The van der Waals surface area contributed by atoms with Gasteiger partial charge in [-0.3, -0.25) is 9.69 Å². The van der Waals surface area contributed by atoms with Gasteiger partial charge in [-0.1, -0.05) is 29.5 Å². The molecule has 7 nitrogen and oxygen atoms in total. The number of carbonyl (C=O) groups excluding carboxylic acids is 1. The van der Waals surface area contributed by atoms with E-state index in [0.29, 0.717) is 15.5 Å². The number of aromatic nitrogens is 4. The van der Waals surface area contributed by atoms with Gasteiger partial charge >= 0.3 is 6.18 Å². The third kappa shape index (κ3) is 4.53. The number of carbonyl (C=O) groups is 1. The molecule has 29 heavy (non-hydrogen) atoms. The molecule has 0 aliphatic carbocycles. The Hall–Kier alpha value is -2.60. The Morgan fingerprint density at radius 3 is 2.62 bits per heavy atom. The molecule has 2 aromatic heterocycles. The Kier molecular flexibility index (Phi) is 5.85. The number of aryl methyl sites for hydroxylation is 2. The zero-order valence-electron chi connectivity index (χ0n) is 15.7. The summed E-state index contributed by atoms with van der Waals surface area (Å²) in [5, 5.41) is 8.70. The van der Waals surface area contributed by atoms with E-state index in [1.165, 1.54) is 23.2 Å². The van der Waals surface area contributed by atoms with Gasteiger partial charge in [0.1, 0.15) is 0 Å². The summed E-state index contributed by atoms with van der Waals surface area (Å²) in [5.74, 6) is 4.20. The molecule has 0 bridgehead atoms. The Bertz CT molecular complexity index is 1050. The number of alkyl halides is 3. The summed E-state index contributed by atoms with van der Waals surface area (Å²) < 4.78 is 38.7. The summed E-state index contributed by atoms with van der Waals surface area (Å²) >= 11 is 2.25. The van der Waals surface area contributed by atoms with Crippen LogP contribution in [0.25, 0.3) is 0 Å². The molecule has 1 amide bonds. The summed E-state index contributed by atoms with van der Waals surface area (Å²) in [7, 11) is 0. The molecule has 2 N–H and O–H groups in total. The highest BCUT2D eigenvalue weighted by Crippen LogP contribution is 2.34. The summed E-state index contributed by atoms with van der Waals surface area (Å²) in [4.78, 5) is 18.2. The van der Waals surface area contributed by atoms with Crippen molar-refractivity contribution >= 4 is 39.8 Å². The third-order valence-electron chi connectivity index (χ3n) is 3.91. The summed E-state index contributed by atoms with van der Waals surface area (Å²) in [6.07, 6.45) is -4.68. The van der Waals surface area contributed by atoms with Crippen LogP contribution in [0.4, 0.5) is 24.0 Å². The molecule has 0 fully saturated rings. The second-order valence-electron chi connectivity index (χ2n) is 6.23. The summed E-state index contributed by atoms with van der Waals surface area (Å²) in [5.41, 5.74) is 3.33. The van der Waals surface area contributed by atoms with E-state index in [9.17, 15) is 18.0 Å². The third-order valence-corrected chi connectivity index (χ3v) is 5.76. The Balaban J connectivity index is 1.79. The second kappa shape index (κ2) is 8.03. The lowest BCUT2D eigenvalue weighted by Gasteiger charge is -2.20. The van der Waals surface area contributed by atoms with Gasteiger partial charge in [-0.2, -0.15) is 13.2 Å². The topological polar surface area (TPSA) is 89.9 Å². The maximum Gasteiger partial charge on any atom is 0.453 e. The molecule has 3 rings (SSSR count). The maximum atomic E-state index is 12.8. The number of nitrogens with zero attached hydrogens (tertiary/aromatic N) is 5. The normalized spacial score (nSPS) is 11.7. The van der Waals surface area contributed by atoms with Crippen LogP contribution in [0, 0.1) is 13.8 Å². The number of hydrogen-bond acceptors (Lipinski definition) is 7. The molecule has 0 aliphatic heterocycles. The first kappa shape index (κ1) is 21.1. The number of hydrogen-bond donors (Lipinski definition) is 1. The van der Waals surface area contributed by atoms with Crippen molar-refractivity contribution in [2.75, 3.05) is 10.7 Å². The van der Waals surface area contributed by atoms with Crippen molar-refractivity contribution in [1.29, 1.82) is 0 Å². The monoisotopic (exact) mass is 442 g/mol. The van der Waals surface area contributed by atoms with Gasteiger partial charge in [0.25, 0.3) is 5.82 Å². The van der Waals surface area contributed by atoms with Crippen molar-refractivity contribution in [2.45, 2.75) is 37.9 Å². The quantitative estimate of drug-likeness (QED) is 0.473. The van der Waals surface area contributed by atoms with Gasteiger partial charge in [0.2, 0.25) is 11.1 Å². The van der Waals surface area contributed by atoms with Crippen molar-refractivity contribution in [3.63, 3.8) is 0 Å².